The van der Waals surface area contributed by atoms with Gasteiger partial charge in [-0.2, -0.15) is 0 Å². The molecule has 6 nitrogen and oxygen atoms in total. The molecular weight excluding hydrogens is 284 g/mol. The lowest BCUT2D eigenvalue weighted by atomic mass is 9.96. The molecule has 7 heteroatoms. The first kappa shape index (κ1) is 16.9. The monoisotopic (exact) mass is 304 g/mol. The summed E-state index contributed by atoms with van der Waals surface area (Å²) < 4.78 is 0. The third kappa shape index (κ3) is 2.43. The first-order valence-corrected chi connectivity index (χ1v) is 6.51. The number of carboxylic acid groups (broad SMARTS) is 1. The van der Waals surface area contributed by atoms with Gasteiger partial charge in [-0.15, -0.1) is 19.0 Å². The molecule has 0 radical (unpaired) electrons. The second-order valence-corrected chi connectivity index (χ2v) is 5.44. The van der Waals surface area contributed by atoms with Crippen molar-refractivity contribution in [2.24, 2.45) is 5.41 Å². The third-order valence-electron chi connectivity index (χ3n) is 4.45. The summed E-state index contributed by atoms with van der Waals surface area (Å²) in [5.41, 5.74) is -1.80. The summed E-state index contributed by atoms with van der Waals surface area (Å²) >= 11 is 0. The Morgan fingerprint density at radius 2 is 2.20 bits per heavy atom. The largest absolute Gasteiger partial charge is 0.479 e. The zero-order chi connectivity index (χ0) is 14.3. The summed E-state index contributed by atoms with van der Waals surface area (Å²) in [5, 5.41) is 24.3. The number of halogens is 1. The zero-order valence-corrected chi connectivity index (χ0v) is 12.2. The van der Waals surface area contributed by atoms with Crippen molar-refractivity contribution in [2.75, 3.05) is 6.54 Å². The van der Waals surface area contributed by atoms with E-state index in [1.54, 1.807) is 6.08 Å². The van der Waals surface area contributed by atoms with E-state index < -0.39 is 29.1 Å². The van der Waals surface area contributed by atoms with Crippen LogP contribution in [0.25, 0.3) is 0 Å². The van der Waals surface area contributed by atoms with E-state index in [2.05, 4.69) is 17.2 Å². The number of rotatable bonds is 5. The van der Waals surface area contributed by atoms with Crippen LogP contribution < -0.4 is 10.6 Å². The number of carboxylic acids is 1. The molecule has 1 heterocycles. The highest BCUT2D eigenvalue weighted by Crippen LogP contribution is 2.59. The van der Waals surface area contributed by atoms with Crippen LogP contribution in [0.15, 0.2) is 12.7 Å². The minimum absolute atomic E-state index is 0. The highest BCUT2D eigenvalue weighted by Gasteiger charge is 2.71. The molecule has 1 saturated carbocycles. The SMILES string of the molecule is C=C[C@]1(CC)C[C@]1(NC(=O)C1C[C@H](O)CN1)C(=O)O.Cl. The highest BCUT2D eigenvalue weighted by molar-refractivity contribution is 5.94. The summed E-state index contributed by atoms with van der Waals surface area (Å²) in [5.74, 6) is -1.39. The minimum Gasteiger partial charge on any atom is -0.479 e. The Morgan fingerprint density at radius 3 is 2.55 bits per heavy atom. The third-order valence-corrected chi connectivity index (χ3v) is 4.45. The standard InChI is InChI=1S/C13H20N2O4.ClH/c1-3-12(4-2)7-13(12,11(18)19)15-10(17)9-5-8(16)6-14-9;/h3,8-9,14,16H,1,4-7H2,2H3,(H,15,17)(H,18,19);1H/t8-,9?,12-,13-;/m0./s1. The van der Waals surface area contributed by atoms with Crippen LogP contribution in [0.5, 0.6) is 0 Å². The number of carbonyl (C=O) groups excluding carboxylic acids is 1. The number of aliphatic hydroxyl groups excluding tert-OH is 1. The number of aliphatic hydroxyl groups is 1. The molecule has 2 fully saturated rings. The van der Waals surface area contributed by atoms with Gasteiger partial charge in [0, 0.05) is 12.0 Å². The summed E-state index contributed by atoms with van der Waals surface area (Å²) in [6, 6.07) is -0.522. The molecule has 20 heavy (non-hydrogen) atoms. The van der Waals surface area contributed by atoms with Crippen LogP contribution in [-0.2, 0) is 9.59 Å². The molecule has 1 saturated heterocycles. The van der Waals surface area contributed by atoms with Gasteiger partial charge < -0.3 is 20.8 Å². The Bertz CT molecular complexity index is 431. The molecule has 0 aromatic rings. The average Bonchev–Trinajstić information content (AvgIpc) is 2.83. The van der Waals surface area contributed by atoms with Crippen molar-refractivity contribution >= 4 is 24.3 Å². The van der Waals surface area contributed by atoms with E-state index >= 15 is 0 Å². The molecule has 4 N–H and O–H groups in total. The quantitative estimate of drug-likeness (QED) is 0.538. The molecule has 1 amide bonds. The van der Waals surface area contributed by atoms with Gasteiger partial charge in [0.2, 0.25) is 5.91 Å². The summed E-state index contributed by atoms with van der Waals surface area (Å²) in [7, 11) is 0. The van der Waals surface area contributed by atoms with Crippen LogP contribution in [0, 0.1) is 5.41 Å². The van der Waals surface area contributed by atoms with Gasteiger partial charge >= 0.3 is 5.97 Å². The lowest BCUT2D eigenvalue weighted by molar-refractivity contribution is -0.144. The Morgan fingerprint density at radius 1 is 1.55 bits per heavy atom. The van der Waals surface area contributed by atoms with Crippen LogP contribution in [0.4, 0.5) is 0 Å². The van der Waals surface area contributed by atoms with E-state index in [9.17, 15) is 19.8 Å². The molecule has 2 aliphatic rings. The van der Waals surface area contributed by atoms with Crippen LogP contribution in [0.2, 0.25) is 0 Å². The molecule has 0 bridgehead atoms. The van der Waals surface area contributed by atoms with Gasteiger partial charge in [0.25, 0.3) is 0 Å². The van der Waals surface area contributed by atoms with Crippen molar-refractivity contribution in [1.29, 1.82) is 0 Å². The number of aliphatic carboxylic acids is 1. The Balaban J connectivity index is 0.00000200. The zero-order valence-electron chi connectivity index (χ0n) is 11.4. The van der Waals surface area contributed by atoms with Crippen LogP contribution >= 0.6 is 12.4 Å². The molecular formula is C13H21ClN2O4. The van der Waals surface area contributed by atoms with Crippen molar-refractivity contribution in [2.45, 2.75) is 43.9 Å². The maximum atomic E-state index is 12.1. The Kier molecular flexibility index (Phi) is 4.84. The van der Waals surface area contributed by atoms with E-state index in [-0.39, 0.29) is 18.3 Å². The van der Waals surface area contributed by atoms with Crippen LogP contribution in [0.1, 0.15) is 26.2 Å². The number of hydrogen-bond acceptors (Lipinski definition) is 4. The summed E-state index contributed by atoms with van der Waals surface area (Å²) in [4.78, 5) is 23.6. The van der Waals surface area contributed by atoms with E-state index in [1.165, 1.54) is 0 Å². The summed E-state index contributed by atoms with van der Waals surface area (Å²) in [6.45, 7) is 5.93. The van der Waals surface area contributed by atoms with Gasteiger partial charge in [-0.25, -0.2) is 4.79 Å². The molecule has 1 aliphatic carbocycles. The van der Waals surface area contributed by atoms with Gasteiger partial charge in [0.1, 0.15) is 5.54 Å². The van der Waals surface area contributed by atoms with Gasteiger partial charge in [0.05, 0.1) is 12.1 Å². The maximum Gasteiger partial charge on any atom is 0.330 e. The Labute approximate surface area is 124 Å². The molecule has 1 aliphatic heterocycles. The predicted octanol–water partition coefficient (Wildman–Crippen LogP) is 0.0567. The van der Waals surface area contributed by atoms with Crippen LogP contribution in [-0.4, -0.2) is 46.3 Å². The lowest BCUT2D eigenvalue weighted by Crippen LogP contribution is -2.52. The maximum absolute atomic E-state index is 12.1. The fourth-order valence-electron chi connectivity index (χ4n) is 2.97. The molecule has 0 aromatic carbocycles. The van der Waals surface area contributed by atoms with Gasteiger partial charge in [-0.05, 0) is 19.3 Å². The molecule has 2 rings (SSSR count). The van der Waals surface area contributed by atoms with E-state index in [4.69, 9.17) is 0 Å². The van der Waals surface area contributed by atoms with Crippen molar-refractivity contribution in [3.63, 3.8) is 0 Å². The van der Waals surface area contributed by atoms with Crippen molar-refractivity contribution < 1.29 is 19.8 Å². The fraction of sp³-hybridized carbons (Fsp3) is 0.692. The normalized spacial score (nSPS) is 38.7. The van der Waals surface area contributed by atoms with E-state index in [1.807, 2.05) is 6.92 Å². The molecule has 114 valence electrons. The predicted molar refractivity (Wildman–Crippen MR) is 75.7 cm³/mol. The smallest absolute Gasteiger partial charge is 0.330 e. The lowest BCUT2D eigenvalue weighted by Gasteiger charge is -2.22. The number of hydrogen-bond donors (Lipinski definition) is 4. The van der Waals surface area contributed by atoms with Crippen molar-refractivity contribution in [3.8, 4) is 0 Å². The molecule has 0 aromatic heterocycles. The summed E-state index contributed by atoms with van der Waals surface area (Å²) in [6.07, 6.45) is 2.37. The van der Waals surface area contributed by atoms with Gasteiger partial charge in [-0.1, -0.05) is 13.0 Å². The Hall–Kier alpha value is -1.11. The molecule has 1 unspecified atom stereocenters. The second kappa shape index (κ2) is 5.71. The van der Waals surface area contributed by atoms with Crippen molar-refractivity contribution in [3.05, 3.63) is 12.7 Å². The average molecular weight is 305 g/mol. The number of β-amino-alcohol motifs (C(OH)–C–C–N with tert-alkyl or cyclic N) is 1. The van der Waals surface area contributed by atoms with Gasteiger partial charge in [-0.3, -0.25) is 4.79 Å². The van der Waals surface area contributed by atoms with Gasteiger partial charge in [0.15, 0.2) is 0 Å². The van der Waals surface area contributed by atoms with Crippen molar-refractivity contribution in [1.82, 2.24) is 10.6 Å². The van der Waals surface area contributed by atoms with E-state index in [0.717, 1.165) is 0 Å². The first-order valence-electron chi connectivity index (χ1n) is 6.51. The highest BCUT2D eigenvalue weighted by atomic mass is 35.5. The van der Waals surface area contributed by atoms with E-state index in [0.29, 0.717) is 25.8 Å². The molecule has 0 spiro atoms. The fourth-order valence-corrected chi connectivity index (χ4v) is 2.97. The number of carbonyl (C=O) groups is 2. The topological polar surface area (TPSA) is 98.7 Å². The number of amides is 1. The second-order valence-electron chi connectivity index (χ2n) is 5.44. The minimum atomic E-state index is -1.24. The molecule has 4 atom stereocenters. The number of nitrogens with one attached hydrogen (secondary N) is 2. The van der Waals surface area contributed by atoms with Crippen LogP contribution in [0.3, 0.4) is 0 Å². The first-order chi connectivity index (χ1) is 8.90.